The lowest BCUT2D eigenvalue weighted by molar-refractivity contribution is -0.154. The molecule has 0 saturated heterocycles. The van der Waals surface area contributed by atoms with E-state index in [0.717, 1.165) is 18.1 Å². The van der Waals surface area contributed by atoms with Crippen LogP contribution in [0.2, 0.25) is 0 Å². The van der Waals surface area contributed by atoms with E-state index in [1.165, 1.54) is 18.2 Å². The zero-order valence-electron chi connectivity index (χ0n) is 16.7. The standard InChI is InChI=1S/C22H19F3O6/c1-3-12-5-7-14(8-6-12)30-20-19(28)15-9-13(4-2)16(29-11-18(26)27)10-17(15)31-21(20)22(23,24)25/h5-10H,3-4,11H2,1-2H3,(H,26,27). The Morgan fingerprint density at radius 2 is 1.77 bits per heavy atom. The number of carbonyl (C=O) groups is 1. The third kappa shape index (κ3) is 4.82. The zero-order chi connectivity index (χ0) is 22.8. The first kappa shape index (κ1) is 22.2. The third-order valence-electron chi connectivity index (χ3n) is 4.57. The number of alkyl halides is 3. The number of benzene rings is 2. The van der Waals surface area contributed by atoms with Gasteiger partial charge in [0.2, 0.25) is 11.2 Å². The van der Waals surface area contributed by atoms with Crippen LogP contribution in [0.5, 0.6) is 17.2 Å². The molecule has 0 saturated carbocycles. The molecule has 0 unspecified atom stereocenters. The molecule has 0 aliphatic carbocycles. The Hall–Kier alpha value is -3.49. The third-order valence-corrected chi connectivity index (χ3v) is 4.57. The van der Waals surface area contributed by atoms with Crippen LogP contribution in [-0.4, -0.2) is 17.7 Å². The summed E-state index contributed by atoms with van der Waals surface area (Å²) in [6, 6.07) is 8.74. The second kappa shape index (κ2) is 8.71. The first-order valence-corrected chi connectivity index (χ1v) is 9.46. The smallest absolute Gasteiger partial charge is 0.453 e. The van der Waals surface area contributed by atoms with Crippen LogP contribution in [0.4, 0.5) is 13.2 Å². The lowest BCUT2D eigenvalue weighted by atomic mass is 10.1. The summed E-state index contributed by atoms with van der Waals surface area (Å²) in [5.74, 6) is -3.72. The molecule has 0 aliphatic heterocycles. The van der Waals surface area contributed by atoms with Gasteiger partial charge in [0.05, 0.1) is 5.39 Å². The van der Waals surface area contributed by atoms with E-state index in [-0.39, 0.29) is 22.5 Å². The van der Waals surface area contributed by atoms with Gasteiger partial charge in [-0.25, -0.2) is 4.79 Å². The molecule has 0 spiro atoms. The van der Waals surface area contributed by atoms with Crippen LogP contribution in [0.25, 0.3) is 11.0 Å². The average molecular weight is 436 g/mol. The predicted molar refractivity (Wildman–Crippen MR) is 106 cm³/mol. The van der Waals surface area contributed by atoms with Gasteiger partial charge in [-0.05, 0) is 42.2 Å². The van der Waals surface area contributed by atoms with E-state index >= 15 is 0 Å². The van der Waals surface area contributed by atoms with Crippen molar-refractivity contribution in [1.82, 2.24) is 0 Å². The van der Waals surface area contributed by atoms with Crippen molar-refractivity contribution in [3.05, 3.63) is 63.5 Å². The SMILES string of the molecule is CCc1ccc(Oc2c(C(F)(F)F)oc3cc(OCC(=O)O)c(CC)cc3c2=O)cc1. The number of aryl methyl sites for hydroxylation is 2. The van der Waals surface area contributed by atoms with E-state index < -0.39 is 35.7 Å². The van der Waals surface area contributed by atoms with E-state index in [9.17, 15) is 22.8 Å². The van der Waals surface area contributed by atoms with Crippen molar-refractivity contribution in [3.8, 4) is 17.2 Å². The van der Waals surface area contributed by atoms with Crippen molar-refractivity contribution in [2.75, 3.05) is 6.61 Å². The molecule has 1 N–H and O–H groups in total. The van der Waals surface area contributed by atoms with Crippen molar-refractivity contribution in [2.45, 2.75) is 32.9 Å². The van der Waals surface area contributed by atoms with Gasteiger partial charge in [-0.2, -0.15) is 13.2 Å². The number of hydrogen-bond donors (Lipinski definition) is 1. The van der Waals surface area contributed by atoms with Gasteiger partial charge in [0.25, 0.3) is 5.76 Å². The number of hydrogen-bond acceptors (Lipinski definition) is 5. The summed E-state index contributed by atoms with van der Waals surface area (Å²) in [6.45, 7) is 2.96. The monoisotopic (exact) mass is 436 g/mol. The Morgan fingerprint density at radius 1 is 1.10 bits per heavy atom. The van der Waals surface area contributed by atoms with Crippen LogP contribution < -0.4 is 14.9 Å². The molecule has 31 heavy (non-hydrogen) atoms. The van der Waals surface area contributed by atoms with Crippen LogP contribution in [0, 0.1) is 0 Å². The lowest BCUT2D eigenvalue weighted by Crippen LogP contribution is -2.16. The Kier molecular flexibility index (Phi) is 6.24. The van der Waals surface area contributed by atoms with E-state index in [1.54, 1.807) is 19.1 Å². The van der Waals surface area contributed by atoms with Crippen molar-refractivity contribution < 1.29 is 37.0 Å². The highest BCUT2D eigenvalue weighted by Crippen LogP contribution is 2.39. The van der Waals surface area contributed by atoms with Crippen molar-refractivity contribution in [1.29, 1.82) is 0 Å². The summed E-state index contributed by atoms with van der Waals surface area (Å²) in [5.41, 5.74) is 0.0192. The predicted octanol–water partition coefficient (Wildman–Crippen LogP) is 5.19. The topological polar surface area (TPSA) is 86.0 Å². The summed E-state index contributed by atoms with van der Waals surface area (Å²) in [5, 5.41) is 8.66. The normalized spacial score (nSPS) is 11.5. The van der Waals surface area contributed by atoms with Gasteiger partial charge in [0.1, 0.15) is 17.1 Å². The molecule has 0 aliphatic rings. The van der Waals surface area contributed by atoms with Gasteiger partial charge in [0.15, 0.2) is 6.61 Å². The lowest BCUT2D eigenvalue weighted by Gasteiger charge is -2.15. The molecule has 0 radical (unpaired) electrons. The van der Waals surface area contributed by atoms with Gasteiger partial charge in [-0.15, -0.1) is 0 Å². The summed E-state index contributed by atoms with van der Waals surface area (Å²) >= 11 is 0. The molecule has 9 heteroatoms. The molecular weight excluding hydrogens is 417 g/mol. The number of rotatable bonds is 7. The summed E-state index contributed by atoms with van der Waals surface area (Å²) in [7, 11) is 0. The van der Waals surface area contributed by atoms with E-state index in [0.29, 0.717) is 12.0 Å². The highest BCUT2D eigenvalue weighted by atomic mass is 19.4. The second-order valence-corrected chi connectivity index (χ2v) is 6.68. The van der Waals surface area contributed by atoms with E-state index in [4.69, 9.17) is 19.0 Å². The summed E-state index contributed by atoms with van der Waals surface area (Å²) in [6.07, 6.45) is -3.92. The maximum atomic E-state index is 13.7. The molecule has 0 fully saturated rings. The number of fused-ring (bicyclic) bond motifs is 1. The van der Waals surface area contributed by atoms with Gasteiger partial charge in [0, 0.05) is 6.07 Å². The first-order valence-electron chi connectivity index (χ1n) is 9.46. The van der Waals surface area contributed by atoms with Gasteiger partial charge in [-0.1, -0.05) is 26.0 Å². The molecular formula is C22H19F3O6. The number of ether oxygens (including phenoxy) is 2. The Bertz CT molecular complexity index is 1160. The van der Waals surface area contributed by atoms with Crippen molar-refractivity contribution in [2.24, 2.45) is 0 Å². The quantitative estimate of drug-likeness (QED) is 0.549. The van der Waals surface area contributed by atoms with E-state index in [2.05, 4.69) is 0 Å². The molecule has 2 aromatic carbocycles. The van der Waals surface area contributed by atoms with Crippen LogP contribution in [-0.2, 0) is 23.8 Å². The summed E-state index contributed by atoms with van der Waals surface area (Å²) < 4.78 is 56.5. The Morgan fingerprint density at radius 3 is 2.32 bits per heavy atom. The molecule has 164 valence electrons. The number of carboxylic acid groups (broad SMARTS) is 1. The van der Waals surface area contributed by atoms with Gasteiger partial charge < -0.3 is 19.0 Å². The number of carboxylic acids is 1. The zero-order valence-corrected chi connectivity index (χ0v) is 16.7. The fourth-order valence-electron chi connectivity index (χ4n) is 2.99. The van der Waals surface area contributed by atoms with Crippen LogP contribution in [0.15, 0.2) is 45.6 Å². The summed E-state index contributed by atoms with van der Waals surface area (Å²) in [4.78, 5) is 23.7. The fourth-order valence-corrected chi connectivity index (χ4v) is 2.99. The maximum Gasteiger partial charge on any atom is 0.453 e. The molecule has 0 atom stereocenters. The average Bonchev–Trinajstić information content (AvgIpc) is 2.73. The Labute approximate surface area is 174 Å². The molecule has 1 heterocycles. The minimum absolute atomic E-state index is 0.0255. The largest absolute Gasteiger partial charge is 0.481 e. The number of aliphatic carboxylic acids is 1. The van der Waals surface area contributed by atoms with Crippen LogP contribution in [0.1, 0.15) is 30.7 Å². The second-order valence-electron chi connectivity index (χ2n) is 6.68. The molecule has 3 aromatic rings. The van der Waals surface area contributed by atoms with Gasteiger partial charge in [-0.3, -0.25) is 4.79 Å². The molecule has 0 amide bonds. The minimum atomic E-state index is -5.00. The number of halogens is 3. The molecule has 6 nitrogen and oxygen atoms in total. The van der Waals surface area contributed by atoms with Crippen LogP contribution >= 0.6 is 0 Å². The molecule has 0 bridgehead atoms. The van der Waals surface area contributed by atoms with Gasteiger partial charge >= 0.3 is 12.1 Å². The first-order chi connectivity index (χ1) is 14.6. The highest BCUT2D eigenvalue weighted by Gasteiger charge is 2.40. The minimum Gasteiger partial charge on any atom is -0.481 e. The molecule has 1 aromatic heterocycles. The van der Waals surface area contributed by atoms with Crippen LogP contribution in [0.3, 0.4) is 0 Å². The van der Waals surface area contributed by atoms with E-state index in [1.807, 2.05) is 6.92 Å². The van der Waals surface area contributed by atoms with Crippen molar-refractivity contribution >= 4 is 16.9 Å². The highest BCUT2D eigenvalue weighted by molar-refractivity contribution is 5.81. The fraction of sp³-hybridized carbons (Fsp3) is 0.273. The maximum absolute atomic E-state index is 13.7. The Balaban J connectivity index is 2.18. The molecule has 3 rings (SSSR count). The van der Waals surface area contributed by atoms with Crippen molar-refractivity contribution in [3.63, 3.8) is 0 Å².